The van der Waals surface area contributed by atoms with Crippen LogP contribution in [0.15, 0.2) is 36.4 Å². The Morgan fingerprint density at radius 2 is 1.81 bits per heavy atom. The highest BCUT2D eigenvalue weighted by atomic mass is 35.5. The molecule has 0 spiro atoms. The van der Waals surface area contributed by atoms with Gasteiger partial charge in [0.05, 0.1) is 34.1 Å². The average molecular weight is 325 g/mol. The Labute approximate surface area is 132 Å². The molecule has 2 aromatic carbocycles. The molecule has 2 aromatic rings. The van der Waals surface area contributed by atoms with Crippen LogP contribution in [0.25, 0.3) is 0 Å². The largest absolute Gasteiger partial charge is 0.465 e. The fourth-order valence-corrected chi connectivity index (χ4v) is 2.12. The van der Waals surface area contributed by atoms with Crippen LogP contribution in [0.3, 0.4) is 0 Å². The van der Waals surface area contributed by atoms with Gasteiger partial charge in [0.15, 0.2) is 0 Å². The van der Waals surface area contributed by atoms with Gasteiger partial charge in [0.2, 0.25) is 0 Å². The predicted octanol–water partition coefficient (Wildman–Crippen LogP) is 3.97. The number of nitrogens with one attached hydrogen (secondary N) is 1. The summed E-state index contributed by atoms with van der Waals surface area (Å²) >= 11 is 11.8. The first kappa shape index (κ1) is 15.5. The van der Waals surface area contributed by atoms with E-state index in [1.807, 2.05) is 12.1 Å². The number of rotatable bonds is 4. The Hall–Kier alpha value is -1.91. The van der Waals surface area contributed by atoms with Crippen molar-refractivity contribution in [3.63, 3.8) is 0 Å². The molecule has 0 atom stereocenters. The molecule has 3 N–H and O–H groups in total. The maximum absolute atomic E-state index is 11.3. The highest BCUT2D eigenvalue weighted by Crippen LogP contribution is 2.30. The Bertz CT molecular complexity index is 657. The molecule has 21 heavy (non-hydrogen) atoms. The van der Waals surface area contributed by atoms with Crippen molar-refractivity contribution in [3.8, 4) is 0 Å². The van der Waals surface area contributed by atoms with Gasteiger partial charge in [-0.3, -0.25) is 0 Å². The van der Waals surface area contributed by atoms with E-state index in [-0.39, 0.29) is 5.97 Å². The molecule has 6 heteroatoms. The molecule has 0 unspecified atom stereocenters. The molecule has 4 nitrogen and oxygen atoms in total. The summed E-state index contributed by atoms with van der Waals surface area (Å²) in [5.41, 5.74) is 8.61. The molecule has 0 aliphatic carbocycles. The highest BCUT2D eigenvalue weighted by Gasteiger charge is 2.06. The second-order valence-corrected chi connectivity index (χ2v) is 5.21. The zero-order chi connectivity index (χ0) is 15.4. The van der Waals surface area contributed by atoms with Crippen molar-refractivity contribution in [2.75, 3.05) is 18.2 Å². The number of carbonyl (C=O) groups excluding carboxylic acids is 1. The molecule has 2 rings (SSSR count). The third kappa shape index (κ3) is 3.80. The zero-order valence-corrected chi connectivity index (χ0v) is 12.8. The second kappa shape index (κ2) is 6.70. The lowest BCUT2D eigenvalue weighted by Gasteiger charge is -2.11. The number of benzene rings is 2. The number of anilines is 2. The molecule has 0 saturated carbocycles. The van der Waals surface area contributed by atoms with E-state index >= 15 is 0 Å². The summed E-state index contributed by atoms with van der Waals surface area (Å²) in [4.78, 5) is 11.3. The third-order valence-electron chi connectivity index (χ3n) is 2.95. The van der Waals surface area contributed by atoms with Gasteiger partial charge in [-0.2, -0.15) is 0 Å². The summed E-state index contributed by atoms with van der Waals surface area (Å²) in [6.07, 6.45) is 0. The van der Waals surface area contributed by atoms with Crippen LogP contribution in [0, 0.1) is 0 Å². The van der Waals surface area contributed by atoms with Crippen molar-refractivity contribution < 1.29 is 9.53 Å². The van der Waals surface area contributed by atoms with Crippen LogP contribution in [0.1, 0.15) is 15.9 Å². The van der Waals surface area contributed by atoms with Gasteiger partial charge in [-0.1, -0.05) is 35.3 Å². The molecule has 0 saturated heterocycles. The van der Waals surface area contributed by atoms with Crippen LogP contribution in [-0.2, 0) is 11.3 Å². The number of esters is 1. The molecule has 0 amide bonds. The Morgan fingerprint density at radius 3 is 2.43 bits per heavy atom. The molecule has 0 heterocycles. The van der Waals surface area contributed by atoms with Gasteiger partial charge >= 0.3 is 5.97 Å². The summed E-state index contributed by atoms with van der Waals surface area (Å²) < 4.78 is 4.65. The van der Waals surface area contributed by atoms with Crippen LogP contribution in [-0.4, -0.2) is 13.1 Å². The summed E-state index contributed by atoms with van der Waals surface area (Å²) in [7, 11) is 1.35. The Morgan fingerprint density at radius 1 is 1.19 bits per heavy atom. The van der Waals surface area contributed by atoms with Crippen molar-refractivity contribution in [1.29, 1.82) is 0 Å². The standard InChI is InChI=1S/C15H14Cl2N2O2/c1-21-15(20)10-4-2-9(3-5-10)8-19-14-7-12(17)11(16)6-13(14)18/h2-7,19H,8,18H2,1H3. The number of ether oxygens (including phenoxy) is 1. The molecule has 0 aromatic heterocycles. The average Bonchev–Trinajstić information content (AvgIpc) is 2.49. The molecule has 110 valence electrons. The van der Waals surface area contributed by atoms with Crippen LogP contribution in [0.4, 0.5) is 11.4 Å². The van der Waals surface area contributed by atoms with Gasteiger partial charge in [-0.05, 0) is 29.8 Å². The maximum Gasteiger partial charge on any atom is 0.337 e. The van der Waals surface area contributed by atoms with E-state index in [0.717, 1.165) is 5.56 Å². The van der Waals surface area contributed by atoms with Crippen molar-refractivity contribution in [2.24, 2.45) is 0 Å². The number of carbonyl (C=O) groups is 1. The molecular formula is C15H14Cl2N2O2. The van der Waals surface area contributed by atoms with Crippen molar-refractivity contribution in [1.82, 2.24) is 0 Å². The molecule has 0 aliphatic rings. The van der Waals surface area contributed by atoms with Gasteiger partial charge in [-0.15, -0.1) is 0 Å². The van der Waals surface area contributed by atoms with E-state index in [1.165, 1.54) is 7.11 Å². The van der Waals surface area contributed by atoms with Gasteiger partial charge in [-0.25, -0.2) is 4.79 Å². The lowest BCUT2D eigenvalue weighted by Crippen LogP contribution is -2.04. The fourth-order valence-electron chi connectivity index (χ4n) is 1.79. The number of hydrogen-bond acceptors (Lipinski definition) is 4. The Kier molecular flexibility index (Phi) is 4.94. The first-order valence-electron chi connectivity index (χ1n) is 6.17. The first-order chi connectivity index (χ1) is 10.0. The zero-order valence-electron chi connectivity index (χ0n) is 11.3. The van der Waals surface area contributed by atoms with E-state index < -0.39 is 0 Å². The van der Waals surface area contributed by atoms with Crippen molar-refractivity contribution >= 4 is 40.5 Å². The molecule has 0 radical (unpaired) electrons. The molecule has 0 bridgehead atoms. The van der Waals surface area contributed by atoms with E-state index in [9.17, 15) is 4.79 Å². The number of halogens is 2. The smallest absolute Gasteiger partial charge is 0.337 e. The second-order valence-electron chi connectivity index (χ2n) is 4.40. The number of nitrogens with two attached hydrogens (primary N) is 1. The minimum absolute atomic E-state index is 0.358. The summed E-state index contributed by atoms with van der Waals surface area (Å²) in [5, 5.41) is 4.03. The topological polar surface area (TPSA) is 64.3 Å². The first-order valence-corrected chi connectivity index (χ1v) is 6.92. The molecule has 0 aliphatic heterocycles. The van der Waals surface area contributed by atoms with E-state index in [1.54, 1.807) is 24.3 Å². The van der Waals surface area contributed by atoms with E-state index in [0.29, 0.717) is 33.5 Å². The summed E-state index contributed by atoms with van der Waals surface area (Å²) in [5.74, 6) is -0.358. The van der Waals surface area contributed by atoms with Gasteiger partial charge < -0.3 is 15.8 Å². The van der Waals surface area contributed by atoms with Crippen LogP contribution in [0.2, 0.25) is 10.0 Å². The van der Waals surface area contributed by atoms with Crippen molar-refractivity contribution in [3.05, 3.63) is 57.6 Å². The minimum Gasteiger partial charge on any atom is -0.465 e. The monoisotopic (exact) mass is 324 g/mol. The minimum atomic E-state index is -0.358. The highest BCUT2D eigenvalue weighted by molar-refractivity contribution is 6.42. The lowest BCUT2D eigenvalue weighted by atomic mass is 10.1. The van der Waals surface area contributed by atoms with Gasteiger partial charge in [0.1, 0.15) is 0 Å². The fraction of sp³-hybridized carbons (Fsp3) is 0.133. The van der Waals surface area contributed by atoms with E-state index in [4.69, 9.17) is 28.9 Å². The summed E-state index contributed by atoms with van der Waals surface area (Å²) in [6, 6.07) is 10.4. The summed E-state index contributed by atoms with van der Waals surface area (Å²) in [6.45, 7) is 0.545. The maximum atomic E-state index is 11.3. The molecule has 0 fully saturated rings. The Balaban J connectivity index is 2.06. The predicted molar refractivity (Wildman–Crippen MR) is 86.0 cm³/mol. The quantitative estimate of drug-likeness (QED) is 0.659. The number of hydrogen-bond donors (Lipinski definition) is 2. The normalized spacial score (nSPS) is 10.2. The lowest BCUT2D eigenvalue weighted by molar-refractivity contribution is 0.0600. The van der Waals surface area contributed by atoms with Crippen LogP contribution in [0.5, 0.6) is 0 Å². The van der Waals surface area contributed by atoms with Gasteiger partial charge in [0, 0.05) is 6.54 Å². The van der Waals surface area contributed by atoms with Crippen LogP contribution < -0.4 is 11.1 Å². The van der Waals surface area contributed by atoms with Crippen LogP contribution >= 0.6 is 23.2 Å². The number of methoxy groups -OCH3 is 1. The van der Waals surface area contributed by atoms with Gasteiger partial charge in [0.25, 0.3) is 0 Å². The van der Waals surface area contributed by atoms with E-state index in [2.05, 4.69) is 10.1 Å². The number of nitrogen functional groups attached to an aromatic ring is 1. The van der Waals surface area contributed by atoms with Crippen molar-refractivity contribution in [2.45, 2.75) is 6.54 Å². The third-order valence-corrected chi connectivity index (χ3v) is 3.67. The molecular weight excluding hydrogens is 311 g/mol. The SMILES string of the molecule is COC(=O)c1ccc(CNc2cc(Cl)c(Cl)cc2N)cc1.